The Morgan fingerprint density at radius 1 is 1.24 bits per heavy atom. The van der Waals surface area contributed by atoms with Crippen molar-refractivity contribution in [3.63, 3.8) is 0 Å². The molecule has 0 aliphatic rings. The van der Waals surface area contributed by atoms with Crippen LogP contribution in [0.4, 0.5) is 5.13 Å². The van der Waals surface area contributed by atoms with E-state index in [1.165, 1.54) is 11.3 Å². The fourth-order valence-corrected chi connectivity index (χ4v) is 2.83. The van der Waals surface area contributed by atoms with E-state index >= 15 is 0 Å². The number of amides is 2. The molecule has 0 aliphatic carbocycles. The quantitative estimate of drug-likeness (QED) is 0.862. The van der Waals surface area contributed by atoms with Gasteiger partial charge in [0, 0.05) is 19.4 Å². The van der Waals surface area contributed by atoms with Gasteiger partial charge >= 0.3 is 0 Å². The highest BCUT2D eigenvalue weighted by Crippen LogP contribution is 2.26. The van der Waals surface area contributed by atoms with Gasteiger partial charge in [-0.2, -0.15) is 0 Å². The smallest absolute Gasteiger partial charge is 0.226 e. The predicted octanol–water partition coefficient (Wildman–Crippen LogP) is 2.85. The summed E-state index contributed by atoms with van der Waals surface area (Å²) in [5.41, 5.74) is 2.04. The largest absolute Gasteiger partial charge is 0.356 e. The van der Waals surface area contributed by atoms with E-state index in [4.69, 9.17) is 0 Å². The molecule has 5 nitrogen and oxygen atoms in total. The normalized spacial score (nSPS) is 10.6. The summed E-state index contributed by atoms with van der Waals surface area (Å²) in [6, 6.07) is 5.97. The number of fused-ring (bicyclic) bond motifs is 1. The third kappa shape index (κ3) is 4.53. The van der Waals surface area contributed by atoms with Crippen LogP contribution in [0.1, 0.15) is 31.7 Å². The van der Waals surface area contributed by atoms with E-state index in [2.05, 4.69) is 15.6 Å². The summed E-state index contributed by atoms with van der Waals surface area (Å²) in [6.45, 7) is 4.66. The van der Waals surface area contributed by atoms with Crippen LogP contribution < -0.4 is 10.6 Å². The summed E-state index contributed by atoms with van der Waals surface area (Å²) in [4.78, 5) is 27.6. The van der Waals surface area contributed by atoms with E-state index in [9.17, 15) is 9.59 Å². The number of aryl methyl sites for hydroxylation is 1. The lowest BCUT2D eigenvalue weighted by Crippen LogP contribution is -2.25. The number of nitrogens with zero attached hydrogens (tertiary/aromatic N) is 1. The van der Waals surface area contributed by atoms with Crippen LogP contribution in [0.5, 0.6) is 0 Å². The molecule has 1 aromatic carbocycles. The van der Waals surface area contributed by atoms with Gasteiger partial charge in [0.1, 0.15) is 0 Å². The molecule has 2 N–H and O–H groups in total. The standard InChI is InChI=1S/C15H19N3O2S/c1-3-8-16-13(19)6-7-14(20)18-15-17-11-5-4-10(2)9-12(11)21-15/h4-5,9H,3,6-8H2,1-2H3,(H,16,19)(H,17,18,20). The summed E-state index contributed by atoms with van der Waals surface area (Å²) in [5, 5.41) is 6.08. The van der Waals surface area contributed by atoms with Crippen LogP contribution in [0.2, 0.25) is 0 Å². The van der Waals surface area contributed by atoms with Crippen molar-refractivity contribution in [1.82, 2.24) is 10.3 Å². The molecule has 2 amide bonds. The van der Waals surface area contributed by atoms with Crippen LogP contribution in [0.3, 0.4) is 0 Å². The Kier molecular flexibility index (Phi) is 5.27. The van der Waals surface area contributed by atoms with Gasteiger partial charge < -0.3 is 10.6 Å². The Bertz CT molecular complexity index is 651. The van der Waals surface area contributed by atoms with Crippen molar-refractivity contribution in [2.75, 3.05) is 11.9 Å². The zero-order chi connectivity index (χ0) is 15.2. The molecule has 0 bridgehead atoms. The number of aromatic nitrogens is 1. The van der Waals surface area contributed by atoms with Crippen LogP contribution in [0.15, 0.2) is 18.2 Å². The van der Waals surface area contributed by atoms with Gasteiger partial charge in [0.15, 0.2) is 5.13 Å². The number of thiazole rings is 1. The third-order valence-corrected chi connectivity index (χ3v) is 3.88. The van der Waals surface area contributed by atoms with Crippen molar-refractivity contribution < 1.29 is 9.59 Å². The van der Waals surface area contributed by atoms with Gasteiger partial charge in [-0.3, -0.25) is 9.59 Å². The maximum absolute atomic E-state index is 11.8. The highest BCUT2D eigenvalue weighted by Gasteiger charge is 2.10. The van der Waals surface area contributed by atoms with E-state index in [1.807, 2.05) is 32.0 Å². The number of hydrogen-bond donors (Lipinski definition) is 2. The molecule has 2 rings (SSSR count). The Morgan fingerprint density at radius 2 is 2.00 bits per heavy atom. The summed E-state index contributed by atoms with van der Waals surface area (Å²) >= 11 is 1.44. The van der Waals surface area contributed by atoms with Gasteiger partial charge in [0.25, 0.3) is 0 Å². The molecule has 0 unspecified atom stereocenters. The molecule has 0 atom stereocenters. The van der Waals surface area contributed by atoms with Gasteiger partial charge in [-0.25, -0.2) is 4.98 Å². The summed E-state index contributed by atoms with van der Waals surface area (Å²) < 4.78 is 1.05. The van der Waals surface area contributed by atoms with Crippen molar-refractivity contribution in [3.05, 3.63) is 23.8 Å². The molecule has 6 heteroatoms. The van der Waals surface area contributed by atoms with Gasteiger partial charge in [0.2, 0.25) is 11.8 Å². The van der Waals surface area contributed by atoms with Crippen LogP contribution in [-0.4, -0.2) is 23.3 Å². The fourth-order valence-electron chi connectivity index (χ4n) is 1.85. The maximum Gasteiger partial charge on any atom is 0.226 e. The van der Waals surface area contributed by atoms with Gasteiger partial charge in [-0.05, 0) is 31.0 Å². The lowest BCUT2D eigenvalue weighted by atomic mass is 10.2. The first kappa shape index (κ1) is 15.4. The van der Waals surface area contributed by atoms with E-state index in [-0.39, 0.29) is 24.7 Å². The van der Waals surface area contributed by atoms with Crippen molar-refractivity contribution in [3.8, 4) is 0 Å². The molecule has 0 radical (unpaired) electrons. The molecule has 21 heavy (non-hydrogen) atoms. The lowest BCUT2D eigenvalue weighted by molar-refractivity contribution is -0.124. The predicted molar refractivity (Wildman–Crippen MR) is 85.5 cm³/mol. The third-order valence-electron chi connectivity index (χ3n) is 2.94. The summed E-state index contributed by atoms with van der Waals surface area (Å²) in [7, 11) is 0. The van der Waals surface area contributed by atoms with Crippen molar-refractivity contribution in [2.45, 2.75) is 33.1 Å². The zero-order valence-corrected chi connectivity index (χ0v) is 13.0. The first-order valence-electron chi connectivity index (χ1n) is 7.02. The highest BCUT2D eigenvalue weighted by atomic mass is 32.1. The monoisotopic (exact) mass is 305 g/mol. The summed E-state index contributed by atoms with van der Waals surface area (Å²) in [6.07, 6.45) is 1.27. The minimum atomic E-state index is -0.183. The molecular weight excluding hydrogens is 286 g/mol. The molecule has 0 fully saturated rings. The minimum Gasteiger partial charge on any atom is -0.356 e. The first-order chi connectivity index (χ1) is 10.1. The molecule has 0 saturated carbocycles. The van der Waals surface area contributed by atoms with E-state index < -0.39 is 0 Å². The number of carbonyl (C=O) groups excluding carboxylic acids is 2. The second-order valence-corrected chi connectivity index (χ2v) is 5.92. The molecule has 1 heterocycles. The molecule has 0 aliphatic heterocycles. The minimum absolute atomic E-state index is 0.0908. The van der Waals surface area contributed by atoms with Crippen molar-refractivity contribution in [1.29, 1.82) is 0 Å². The average molecular weight is 305 g/mol. The van der Waals surface area contributed by atoms with Gasteiger partial charge in [0.05, 0.1) is 10.2 Å². The fraction of sp³-hybridized carbons (Fsp3) is 0.400. The van der Waals surface area contributed by atoms with Crippen LogP contribution >= 0.6 is 11.3 Å². The lowest BCUT2D eigenvalue weighted by Gasteiger charge is -2.03. The number of rotatable bonds is 6. The van der Waals surface area contributed by atoms with E-state index in [1.54, 1.807) is 0 Å². The Morgan fingerprint density at radius 3 is 2.76 bits per heavy atom. The van der Waals surface area contributed by atoms with Gasteiger partial charge in [-0.1, -0.05) is 24.3 Å². The number of anilines is 1. The molecule has 112 valence electrons. The molecule has 0 saturated heterocycles. The van der Waals surface area contributed by atoms with Crippen molar-refractivity contribution >= 4 is 38.5 Å². The zero-order valence-electron chi connectivity index (χ0n) is 12.2. The van der Waals surface area contributed by atoms with Crippen molar-refractivity contribution in [2.24, 2.45) is 0 Å². The molecule has 0 spiro atoms. The van der Waals surface area contributed by atoms with Gasteiger partial charge in [-0.15, -0.1) is 0 Å². The Balaban J connectivity index is 1.88. The Hall–Kier alpha value is -1.95. The topological polar surface area (TPSA) is 71.1 Å². The SMILES string of the molecule is CCCNC(=O)CCC(=O)Nc1nc2ccc(C)cc2s1. The number of nitrogens with one attached hydrogen (secondary N) is 2. The summed E-state index contributed by atoms with van der Waals surface area (Å²) in [5.74, 6) is -0.274. The second kappa shape index (κ2) is 7.17. The van der Waals surface area contributed by atoms with Crippen LogP contribution in [0.25, 0.3) is 10.2 Å². The number of hydrogen-bond acceptors (Lipinski definition) is 4. The average Bonchev–Trinajstić information content (AvgIpc) is 2.84. The maximum atomic E-state index is 11.8. The molecule has 2 aromatic rings. The Labute approximate surface area is 127 Å². The number of carbonyl (C=O) groups is 2. The van der Waals surface area contributed by atoms with Crippen LogP contribution in [-0.2, 0) is 9.59 Å². The second-order valence-electron chi connectivity index (χ2n) is 4.89. The van der Waals surface area contributed by atoms with Crippen LogP contribution in [0, 0.1) is 6.92 Å². The molecule has 1 aromatic heterocycles. The van der Waals surface area contributed by atoms with E-state index in [0.717, 1.165) is 22.2 Å². The molecular formula is C15H19N3O2S. The first-order valence-corrected chi connectivity index (χ1v) is 7.84. The number of benzene rings is 1. The van der Waals surface area contributed by atoms with E-state index in [0.29, 0.717) is 11.7 Å². The highest BCUT2D eigenvalue weighted by molar-refractivity contribution is 7.22.